The lowest BCUT2D eigenvalue weighted by molar-refractivity contribution is -0.147. The van der Waals surface area contributed by atoms with Gasteiger partial charge in [0.2, 0.25) is 11.7 Å². The zero-order valence-corrected chi connectivity index (χ0v) is 34.3. The summed E-state index contributed by atoms with van der Waals surface area (Å²) in [6.07, 6.45) is 12.0. The molecule has 4 aromatic rings. The SMILES string of the molecule is O=C1C[C@H](N2Cc3c(ccc4c3OCC43CCN(C4CC5(CCN(c6ccc7c(c6)C6(CCCCC6)c6nc(=O)c8c(Cl)cccc8n6-7)CC5)C4)CC3)C2=O)C(=O)NC1=O. The highest BCUT2D eigenvalue weighted by Crippen LogP contribution is 2.56. The minimum atomic E-state index is -0.997. The van der Waals surface area contributed by atoms with Crippen LogP contribution in [0.4, 0.5) is 5.69 Å². The van der Waals surface area contributed by atoms with Crippen molar-refractivity contribution in [1.82, 2.24) is 24.7 Å². The molecular formula is C47H47ClN6O6. The summed E-state index contributed by atoms with van der Waals surface area (Å²) in [5, 5.41) is 3.06. The maximum atomic E-state index is 13.4. The van der Waals surface area contributed by atoms with Gasteiger partial charge in [-0.3, -0.25) is 33.9 Å². The molecule has 1 N–H and O–H groups in total. The summed E-state index contributed by atoms with van der Waals surface area (Å²) in [5.41, 5.74) is 6.82. The van der Waals surface area contributed by atoms with Gasteiger partial charge in [0, 0.05) is 53.3 Å². The van der Waals surface area contributed by atoms with Crippen molar-refractivity contribution in [3.63, 3.8) is 0 Å². The van der Waals surface area contributed by atoms with E-state index >= 15 is 0 Å². The van der Waals surface area contributed by atoms with Crippen LogP contribution in [0.25, 0.3) is 16.6 Å². The summed E-state index contributed by atoms with van der Waals surface area (Å²) < 4.78 is 8.64. The van der Waals surface area contributed by atoms with Crippen LogP contribution in [0.1, 0.15) is 110 Å². The van der Waals surface area contributed by atoms with Crippen molar-refractivity contribution in [2.45, 2.75) is 107 Å². The molecule has 8 aliphatic rings. The van der Waals surface area contributed by atoms with Gasteiger partial charge in [-0.2, -0.15) is 4.98 Å². The van der Waals surface area contributed by atoms with E-state index in [4.69, 9.17) is 21.3 Å². The third-order valence-corrected chi connectivity index (χ3v) is 16.5. The molecule has 5 fully saturated rings. The molecule has 308 valence electrons. The number of halogens is 1. The fourth-order valence-corrected chi connectivity index (χ4v) is 13.1. The average Bonchev–Trinajstić information content (AvgIpc) is 3.86. The van der Waals surface area contributed by atoms with Crippen LogP contribution >= 0.6 is 11.6 Å². The van der Waals surface area contributed by atoms with Crippen molar-refractivity contribution in [3.8, 4) is 11.4 Å². The number of ketones is 1. The Bertz CT molecular complexity index is 2640. The highest BCUT2D eigenvalue weighted by molar-refractivity contribution is 6.41. The van der Waals surface area contributed by atoms with E-state index in [9.17, 15) is 24.0 Å². The summed E-state index contributed by atoms with van der Waals surface area (Å²) in [7, 11) is 0. The topological polar surface area (TPSA) is 134 Å². The Morgan fingerprint density at radius 2 is 1.62 bits per heavy atom. The van der Waals surface area contributed by atoms with Crippen LogP contribution in [0, 0.1) is 5.41 Å². The van der Waals surface area contributed by atoms with E-state index in [0.29, 0.717) is 34.0 Å². The van der Waals surface area contributed by atoms with Crippen molar-refractivity contribution in [2.75, 3.05) is 37.7 Å². The molecular weight excluding hydrogens is 780 g/mol. The van der Waals surface area contributed by atoms with E-state index in [2.05, 4.69) is 37.9 Å². The molecule has 6 aliphatic heterocycles. The summed E-state index contributed by atoms with van der Waals surface area (Å²) in [4.78, 5) is 74.9. The van der Waals surface area contributed by atoms with Crippen LogP contribution in [-0.2, 0) is 31.8 Å². The number of nitrogens with one attached hydrogen (secondary N) is 1. The number of rotatable bonds is 3. The number of imide groups is 1. The number of hydrogen-bond donors (Lipinski definition) is 1. The molecule has 1 aromatic heterocycles. The minimum Gasteiger partial charge on any atom is -0.492 e. The standard InChI is InChI=1S/C47H47ClN6O6/c48-33-5-4-6-35-38(33)42(58)50-44-47(11-2-1-3-12-47)32-21-27(7-10-34(32)54(35)44)51-17-13-45(14-18-51)23-28(24-45)52-19-15-46(16-20-52)26-60-39-30-25-53(43(59)29(30)8-9-31(39)46)36-22-37(55)41(57)49-40(36)56/h4-10,21,28,36H,1-3,11-20,22-26H2,(H,49,56,57)/t36-/m0/s1. The molecule has 2 aliphatic carbocycles. The first-order valence-electron chi connectivity index (χ1n) is 21.9. The number of ether oxygens (including phenoxy) is 1. The highest BCUT2D eigenvalue weighted by Gasteiger charge is 2.53. The van der Waals surface area contributed by atoms with Gasteiger partial charge >= 0.3 is 0 Å². The lowest BCUT2D eigenvalue weighted by Gasteiger charge is -2.57. The number of carbonyl (C=O) groups excluding carboxylic acids is 4. The third-order valence-electron chi connectivity index (χ3n) is 16.2. The molecule has 0 unspecified atom stereocenters. The lowest BCUT2D eigenvalue weighted by atomic mass is 9.59. The van der Waals surface area contributed by atoms with E-state index in [1.165, 1.54) is 48.3 Å². The van der Waals surface area contributed by atoms with Crippen LogP contribution in [-0.4, -0.2) is 87.7 Å². The molecule has 60 heavy (non-hydrogen) atoms. The van der Waals surface area contributed by atoms with Crippen LogP contribution in [0.2, 0.25) is 5.02 Å². The Kier molecular flexibility index (Phi) is 7.95. The first-order valence-corrected chi connectivity index (χ1v) is 22.3. The maximum absolute atomic E-state index is 13.4. The quantitative estimate of drug-likeness (QED) is 0.204. The number of piperidine rings is 3. The van der Waals surface area contributed by atoms with Crippen LogP contribution < -0.4 is 20.5 Å². The minimum absolute atomic E-state index is 0.103. The van der Waals surface area contributed by atoms with Gasteiger partial charge in [-0.05, 0) is 112 Å². The van der Waals surface area contributed by atoms with Crippen LogP contribution in [0.3, 0.4) is 0 Å². The second kappa shape index (κ2) is 13.0. The number of carbonyl (C=O) groups is 4. The van der Waals surface area contributed by atoms with Gasteiger partial charge in [-0.1, -0.05) is 43.0 Å². The lowest BCUT2D eigenvalue weighted by Crippen LogP contribution is -2.57. The fourth-order valence-electron chi connectivity index (χ4n) is 12.8. The summed E-state index contributed by atoms with van der Waals surface area (Å²) in [6.45, 7) is 4.88. The van der Waals surface area contributed by atoms with E-state index in [0.717, 1.165) is 98.6 Å². The predicted octanol–water partition coefficient (Wildman–Crippen LogP) is 5.72. The molecule has 3 amide bonds. The molecule has 12 rings (SSSR count). The summed E-state index contributed by atoms with van der Waals surface area (Å²) >= 11 is 6.58. The van der Waals surface area contributed by atoms with Crippen molar-refractivity contribution in [3.05, 3.63) is 92.0 Å². The molecule has 13 heteroatoms. The molecule has 3 aromatic carbocycles. The number of fused-ring (bicyclic) bond motifs is 11. The number of nitrogens with zero attached hydrogens (tertiary/aromatic N) is 5. The van der Waals surface area contributed by atoms with Gasteiger partial charge < -0.3 is 19.4 Å². The van der Waals surface area contributed by atoms with Crippen LogP contribution in [0.15, 0.2) is 53.3 Å². The van der Waals surface area contributed by atoms with E-state index in [1.807, 2.05) is 24.3 Å². The fraction of sp³-hybridized carbons (Fsp3) is 0.489. The number of benzene rings is 3. The molecule has 7 heterocycles. The number of amides is 3. The smallest absolute Gasteiger partial charge is 0.294 e. The van der Waals surface area contributed by atoms with Gasteiger partial charge in [0.25, 0.3) is 17.4 Å². The predicted molar refractivity (Wildman–Crippen MR) is 224 cm³/mol. The Labute approximate surface area is 352 Å². The molecule has 3 spiro atoms. The Morgan fingerprint density at radius 1 is 0.833 bits per heavy atom. The third kappa shape index (κ3) is 5.12. The second-order valence-corrected chi connectivity index (χ2v) is 19.5. The highest BCUT2D eigenvalue weighted by atomic mass is 35.5. The second-order valence-electron chi connectivity index (χ2n) is 19.1. The van der Waals surface area contributed by atoms with E-state index in [-0.39, 0.29) is 35.3 Å². The number of aromatic nitrogens is 2. The van der Waals surface area contributed by atoms with Gasteiger partial charge in [0.15, 0.2) is 0 Å². The van der Waals surface area contributed by atoms with Crippen molar-refractivity contribution in [1.29, 1.82) is 0 Å². The molecule has 0 radical (unpaired) electrons. The normalized spacial score (nSPS) is 25.1. The van der Waals surface area contributed by atoms with Crippen molar-refractivity contribution >= 4 is 51.7 Å². The molecule has 0 bridgehead atoms. The number of anilines is 1. The monoisotopic (exact) mass is 826 g/mol. The van der Waals surface area contributed by atoms with E-state index in [1.54, 1.807) is 6.07 Å². The first-order chi connectivity index (χ1) is 29.1. The zero-order chi connectivity index (χ0) is 40.7. The summed E-state index contributed by atoms with van der Waals surface area (Å²) in [6, 6.07) is 16.2. The summed E-state index contributed by atoms with van der Waals surface area (Å²) in [5.74, 6) is -0.862. The van der Waals surface area contributed by atoms with Gasteiger partial charge in [-0.15, -0.1) is 0 Å². The van der Waals surface area contributed by atoms with Crippen molar-refractivity contribution < 1.29 is 23.9 Å². The number of Topliss-reactive ketones (excluding diaryl/α,β-unsaturated/α-hetero) is 1. The number of hydrogen-bond acceptors (Lipinski definition) is 9. The van der Waals surface area contributed by atoms with Gasteiger partial charge in [0.05, 0.1) is 40.2 Å². The largest absolute Gasteiger partial charge is 0.492 e. The first kappa shape index (κ1) is 36.8. The Morgan fingerprint density at radius 3 is 2.40 bits per heavy atom. The molecule has 2 saturated carbocycles. The molecule has 3 saturated heterocycles. The average molecular weight is 827 g/mol. The Hall–Kier alpha value is -5.07. The van der Waals surface area contributed by atoms with Crippen LogP contribution in [0.5, 0.6) is 5.75 Å². The van der Waals surface area contributed by atoms with Gasteiger partial charge in [-0.25, -0.2) is 0 Å². The zero-order valence-electron chi connectivity index (χ0n) is 33.6. The molecule has 1 atom stereocenters. The Balaban J connectivity index is 0.708. The maximum Gasteiger partial charge on any atom is 0.294 e. The van der Waals surface area contributed by atoms with E-state index < -0.39 is 23.6 Å². The molecule has 12 nitrogen and oxygen atoms in total. The van der Waals surface area contributed by atoms with Gasteiger partial charge in [0.1, 0.15) is 17.6 Å². The van der Waals surface area contributed by atoms with Crippen molar-refractivity contribution in [2.24, 2.45) is 5.41 Å². The number of likely N-dealkylation sites (tertiary alicyclic amines) is 1.